The molecule has 0 saturated heterocycles. The molecule has 1 aliphatic carbocycles. The van der Waals surface area contributed by atoms with Crippen LogP contribution in [0, 0.1) is 5.92 Å². The van der Waals surface area contributed by atoms with Gasteiger partial charge in [0.15, 0.2) is 0 Å². The molecule has 2 rings (SSSR count). The Morgan fingerprint density at radius 3 is 2.56 bits per heavy atom. The summed E-state index contributed by atoms with van der Waals surface area (Å²) in [6.45, 7) is 7.86. The molecule has 88 valence electrons. The number of nitrogens with one attached hydrogen (secondary N) is 1. The van der Waals surface area contributed by atoms with E-state index in [0.29, 0.717) is 11.5 Å². The largest absolute Gasteiger partial charge is 0.314 e. The van der Waals surface area contributed by atoms with Crippen molar-refractivity contribution in [2.75, 3.05) is 6.54 Å². The highest BCUT2D eigenvalue weighted by atomic mass is 35.5. The standard InChI is InChI=1S/C14H20ClN/c1-10(2)16-9-12-8-14(12,3)11-4-6-13(15)7-5-11/h4-7,10,12,16H,8-9H2,1-3H3. The zero-order chi connectivity index (χ0) is 11.8. The van der Waals surface area contributed by atoms with Gasteiger partial charge in [-0.05, 0) is 42.0 Å². The molecule has 1 N–H and O–H groups in total. The van der Waals surface area contributed by atoms with Gasteiger partial charge in [-0.15, -0.1) is 0 Å². The second-order valence-electron chi connectivity index (χ2n) is 5.39. The predicted octanol–water partition coefficient (Wildman–Crippen LogP) is 3.62. The van der Waals surface area contributed by atoms with Gasteiger partial charge in [-0.2, -0.15) is 0 Å². The molecule has 1 fully saturated rings. The lowest BCUT2D eigenvalue weighted by atomic mass is 9.95. The third kappa shape index (κ3) is 2.41. The van der Waals surface area contributed by atoms with Gasteiger partial charge >= 0.3 is 0 Å². The van der Waals surface area contributed by atoms with Gasteiger partial charge in [0, 0.05) is 11.1 Å². The van der Waals surface area contributed by atoms with Crippen LogP contribution in [-0.2, 0) is 5.41 Å². The maximum absolute atomic E-state index is 5.91. The topological polar surface area (TPSA) is 12.0 Å². The van der Waals surface area contributed by atoms with E-state index in [1.54, 1.807) is 0 Å². The summed E-state index contributed by atoms with van der Waals surface area (Å²) in [6, 6.07) is 8.89. The van der Waals surface area contributed by atoms with Gasteiger partial charge in [-0.3, -0.25) is 0 Å². The van der Waals surface area contributed by atoms with Crippen LogP contribution in [0.3, 0.4) is 0 Å². The van der Waals surface area contributed by atoms with Gasteiger partial charge in [0.2, 0.25) is 0 Å². The highest BCUT2D eigenvalue weighted by Crippen LogP contribution is 2.53. The maximum Gasteiger partial charge on any atom is 0.0406 e. The van der Waals surface area contributed by atoms with Crippen molar-refractivity contribution in [3.63, 3.8) is 0 Å². The van der Waals surface area contributed by atoms with Crippen molar-refractivity contribution in [3.8, 4) is 0 Å². The van der Waals surface area contributed by atoms with E-state index in [1.165, 1.54) is 12.0 Å². The molecule has 1 saturated carbocycles. The van der Waals surface area contributed by atoms with Crippen LogP contribution < -0.4 is 5.32 Å². The van der Waals surface area contributed by atoms with E-state index in [2.05, 4.69) is 38.2 Å². The SMILES string of the molecule is CC(C)NCC1CC1(C)c1ccc(Cl)cc1. The number of benzene rings is 1. The molecule has 2 heteroatoms. The van der Waals surface area contributed by atoms with Crippen LogP contribution in [0.1, 0.15) is 32.8 Å². The molecule has 1 aromatic rings. The first-order chi connectivity index (χ1) is 7.52. The van der Waals surface area contributed by atoms with E-state index >= 15 is 0 Å². The van der Waals surface area contributed by atoms with E-state index in [1.807, 2.05) is 12.1 Å². The number of hydrogen-bond donors (Lipinski definition) is 1. The first-order valence-electron chi connectivity index (χ1n) is 6.02. The highest BCUT2D eigenvalue weighted by Gasteiger charge is 2.50. The molecule has 0 amide bonds. The van der Waals surface area contributed by atoms with Crippen molar-refractivity contribution in [1.82, 2.24) is 5.32 Å². The van der Waals surface area contributed by atoms with Gasteiger partial charge in [-0.1, -0.05) is 44.5 Å². The Morgan fingerprint density at radius 2 is 2.00 bits per heavy atom. The minimum atomic E-state index is 0.368. The van der Waals surface area contributed by atoms with Crippen LogP contribution in [0.25, 0.3) is 0 Å². The molecular weight excluding hydrogens is 218 g/mol. The molecule has 1 aliphatic rings. The molecule has 0 radical (unpaired) electrons. The fraction of sp³-hybridized carbons (Fsp3) is 0.571. The molecule has 0 aliphatic heterocycles. The molecule has 0 heterocycles. The lowest BCUT2D eigenvalue weighted by molar-refractivity contribution is 0.528. The first kappa shape index (κ1) is 11.9. The number of halogens is 1. The minimum absolute atomic E-state index is 0.368. The van der Waals surface area contributed by atoms with Crippen molar-refractivity contribution in [3.05, 3.63) is 34.9 Å². The van der Waals surface area contributed by atoms with Crippen molar-refractivity contribution < 1.29 is 0 Å². The fourth-order valence-corrected chi connectivity index (χ4v) is 2.44. The summed E-state index contributed by atoms with van der Waals surface area (Å²) in [6.07, 6.45) is 1.29. The van der Waals surface area contributed by atoms with Crippen LogP contribution >= 0.6 is 11.6 Å². The average Bonchev–Trinajstić information content (AvgIpc) is 2.89. The Morgan fingerprint density at radius 1 is 1.38 bits per heavy atom. The van der Waals surface area contributed by atoms with Crippen molar-refractivity contribution in [2.24, 2.45) is 5.92 Å². The van der Waals surface area contributed by atoms with Crippen molar-refractivity contribution in [1.29, 1.82) is 0 Å². The van der Waals surface area contributed by atoms with E-state index in [4.69, 9.17) is 11.6 Å². The number of rotatable bonds is 4. The Kier molecular flexibility index (Phi) is 3.27. The van der Waals surface area contributed by atoms with Gasteiger partial charge in [-0.25, -0.2) is 0 Å². The third-order valence-corrected chi connectivity index (χ3v) is 3.94. The predicted molar refractivity (Wildman–Crippen MR) is 70.0 cm³/mol. The Hall–Kier alpha value is -0.530. The quantitative estimate of drug-likeness (QED) is 0.844. The zero-order valence-electron chi connectivity index (χ0n) is 10.3. The molecular formula is C14H20ClN. The summed E-state index contributed by atoms with van der Waals surface area (Å²) in [4.78, 5) is 0. The van der Waals surface area contributed by atoms with Crippen LogP contribution in [0.5, 0.6) is 0 Å². The van der Waals surface area contributed by atoms with Gasteiger partial charge in [0.05, 0.1) is 0 Å². The zero-order valence-corrected chi connectivity index (χ0v) is 11.0. The molecule has 2 atom stereocenters. The van der Waals surface area contributed by atoms with Gasteiger partial charge in [0.25, 0.3) is 0 Å². The van der Waals surface area contributed by atoms with Gasteiger partial charge < -0.3 is 5.32 Å². The summed E-state index contributed by atoms with van der Waals surface area (Å²) in [5.41, 5.74) is 1.79. The van der Waals surface area contributed by atoms with E-state index < -0.39 is 0 Å². The highest BCUT2D eigenvalue weighted by molar-refractivity contribution is 6.30. The van der Waals surface area contributed by atoms with Crippen LogP contribution in [-0.4, -0.2) is 12.6 Å². The van der Waals surface area contributed by atoms with Crippen molar-refractivity contribution in [2.45, 2.75) is 38.6 Å². The molecule has 0 bridgehead atoms. The van der Waals surface area contributed by atoms with E-state index in [9.17, 15) is 0 Å². The lowest BCUT2D eigenvalue weighted by Gasteiger charge is -2.13. The first-order valence-corrected chi connectivity index (χ1v) is 6.39. The molecule has 0 aromatic heterocycles. The second-order valence-corrected chi connectivity index (χ2v) is 5.82. The lowest BCUT2D eigenvalue weighted by Crippen LogP contribution is -2.26. The number of hydrogen-bond acceptors (Lipinski definition) is 1. The summed E-state index contributed by atoms with van der Waals surface area (Å²) >= 11 is 5.91. The Labute approximate surface area is 103 Å². The van der Waals surface area contributed by atoms with Crippen LogP contribution in [0.15, 0.2) is 24.3 Å². The molecule has 0 spiro atoms. The Bertz CT molecular complexity index is 358. The van der Waals surface area contributed by atoms with E-state index in [0.717, 1.165) is 17.5 Å². The summed E-state index contributed by atoms with van der Waals surface area (Å²) in [7, 11) is 0. The van der Waals surface area contributed by atoms with Crippen molar-refractivity contribution >= 4 is 11.6 Å². The molecule has 1 nitrogen and oxygen atoms in total. The average molecular weight is 238 g/mol. The van der Waals surface area contributed by atoms with Crippen LogP contribution in [0.4, 0.5) is 0 Å². The van der Waals surface area contributed by atoms with Crippen LogP contribution in [0.2, 0.25) is 5.02 Å². The van der Waals surface area contributed by atoms with E-state index in [-0.39, 0.29) is 0 Å². The summed E-state index contributed by atoms with van der Waals surface area (Å²) in [5.74, 6) is 0.774. The maximum atomic E-state index is 5.91. The summed E-state index contributed by atoms with van der Waals surface area (Å²) in [5, 5.41) is 4.34. The minimum Gasteiger partial charge on any atom is -0.314 e. The summed E-state index contributed by atoms with van der Waals surface area (Å²) < 4.78 is 0. The third-order valence-electron chi connectivity index (χ3n) is 3.69. The molecule has 16 heavy (non-hydrogen) atoms. The normalized spacial score (nSPS) is 28.4. The second kappa shape index (κ2) is 4.38. The van der Waals surface area contributed by atoms with Gasteiger partial charge in [0.1, 0.15) is 0 Å². The monoisotopic (exact) mass is 237 g/mol. The molecule has 1 aromatic carbocycles. The smallest absolute Gasteiger partial charge is 0.0406 e. The molecule has 2 unspecified atom stereocenters. The Balaban J connectivity index is 1.98. The fourth-order valence-electron chi connectivity index (χ4n) is 2.31.